The highest BCUT2D eigenvalue weighted by molar-refractivity contribution is 5.99. The minimum Gasteiger partial charge on any atom is -0.481 e. The van der Waals surface area contributed by atoms with E-state index in [0.717, 1.165) is 6.42 Å². The molecule has 0 aromatic carbocycles. The number of aryl methyl sites for hydroxylation is 1. The number of Topliss-reactive ketones (excluding diaryl/α,β-unsaturated/α-hetero) is 1. The molecule has 0 aliphatic heterocycles. The van der Waals surface area contributed by atoms with Crippen molar-refractivity contribution in [3.63, 3.8) is 0 Å². The van der Waals surface area contributed by atoms with Crippen LogP contribution in [0.5, 0.6) is 0 Å². The molecule has 1 aromatic heterocycles. The lowest BCUT2D eigenvalue weighted by molar-refractivity contribution is -0.142. The van der Waals surface area contributed by atoms with E-state index in [1.807, 2.05) is 0 Å². The second-order valence-corrected chi connectivity index (χ2v) is 5.24. The van der Waals surface area contributed by atoms with Gasteiger partial charge in [-0.1, -0.05) is 6.42 Å². The van der Waals surface area contributed by atoms with Gasteiger partial charge in [-0.2, -0.15) is 0 Å². The van der Waals surface area contributed by atoms with Crippen molar-refractivity contribution >= 4 is 17.7 Å². The van der Waals surface area contributed by atoms with Gasteiger partial charge in [0.15, 0.2) is 5.78 Å². The Bertz CT molecular complexity index is 562. The number of hydrogen-bond acceptors (Lipinski definition) is 3. The summed E-state index contributed by atoms with van der Waals surface area (Å²) in [5.74, 6) is -1.84. The smallest absolute Gasteiger partial charge is 0.308 e. The minimum atomic E-state index is -0.871. The van der Waals surface area contributed by atoms with E-state index in [1.165, 1.54) is 13.0 Å². The molecule has 0 saturated heterocycles. The van der Waals surface area contributed by atoms with E-state index in [0.29, 0.717) is 24.1 Å². The molecule has 1 heterocycles. The summed E-state index contributed by atoms with van der Waals surface area (Å²) in [6, 6.07) is 1.19. The SMILES string of the molecule is CC(=O)c1cc(C(=O)N[C@@H]2CCC[C@@H]2C(=O)O)n(C)c1. The molecule has 0 radical (unpaired) electrons. The molecule has 108 valence electrons. The third-order valence-corrected chi connectivity index (χ3v) is 3.79. The molecule has 2 rings (SSSR count). The molecule has 0 unspecified atom stereocenters. The zero-order chi connectivity index (χ0) is 14.9. The van der Waals surface area contributed by atoms with Gasteiger partial charge < -0.3 is 15.0 Å². The lowest BCUT2D eigenvalue weighted by Crippen LogP contribution is -2.40. The van der Waals surface area contributed by atoms with Crippen LogP contribution in [-0.4, -0.2) is 33.4 Å². The van der Waals surface area contributed by atoms with Crippen molar-refractivity contribution in [1.82, 2.24) is 9.88 Å². The van der Waals surface area contributed by atoms with Crippen LogP contribution >= 0.6 is 0 Å². The molecule has 0 spiro atoms. The van der Waals surface area contributed by atoms with Crippen LogP contribution in [0, 0.1) is 5.92 Å². The van der Waals surface area contributed by atoms with E-state index in [9.17, 15) is 14.4 Å². The molecule has 6 nitrogen and oxygen atoms in total. The maximum atomic E-state index is 12.2. The number of aliphatic carboxylic acids is 1. The number of ketones is 1. The Morgan fingerprint density at radius 2 is 2.05 bits per heavy atom. The third-order valence-electron chi connectivity index (χ3n) is 3.79. The van der Waals surface area contributed by atoms with Crippen molar-refractivity contribution in [2.24, 2.45) is 13.0 Å². The molecular formula is C14H18N2O4. The summed E-state index contributed by atoms with van der Waals surface area (Å²) in [4.78, 5) is 34.6. The molecule has 2 atom stereocenters. The average Bonchev–Trinajstić information content (AvgIpc) is 2.95. The van der Waals surface area contributed by atoms with E-state index >= 15 is 0 Å². The summed E-state index contributed by atoms with van der Waals surface area (Å²) in [5, 5.41) is 11.9. The van der Waals surface area contributed by atoms with Crippen LogP contribution in [0.3, 0.4) is 0 Å². The van der Waals surface area contributed by atoms with Crippen molar-refractivity contribution in [1.29, 1.82) is 0 Å². The first-order chi connectivity index (χ1) is 9.40. The molecular weight excluding hydrogens is 260 g/mol. The van der Waals surface area contributed by atoms with Crippen molar-refractivity contribution < 1.29 is 19.5 Å². The Morgan fingerprint density at radius 1 is 1.35 bits per heavy atom. The number of amides is 1. The normalized spacial score (nSPS) is 21.7. The van der Waals surface area contributed by atoms with E-state index in [1.54, 1.807) is 17.8 Å². The maximum absolute atomic E-state index is 12.2. The van der Waals surface area contributed by atoms with Crippen LogP contribution in [-0.2, 0) is 11.8 Å². The van der Waals surface area contributed by atoms with Gasteiger partial charge in [-0.15, -0.1) is 0 Å². The molecule has 2 N–H and O–H groups in total. The molecule has 1 aliphatic carbocycles. The summed E-state index contributed by atoms with van der Waals surface area (Å²) >= 11 is 0. The fourth-order valence-electron chi connectivity index (χ4n) is 2.65. The zero-order valence-electron chi connectivity index (χ0n) is 11.5. The topological polar surface area (TPSA) is 88.4 Å². The van der Waals surface area contributed by atoms with Gasteiger partial charge >= 0.3 is 5.97 Å². The molecule has 1 aromatic rings. The molecule has 1 aliphatic rings. The Morgan fingerprint density at radius 3 is 2.60 bits per heavy atom. The molecule has 1 amide bonds. The van der Waals surface area contributed by atoms with Crippen molar-refractivity contribution in [3.05, 3.63) is 23.5 Å². The first-order valence-electron chi connectivity index (χ1n) is 6.61. The fourth-order valence-corrected chi connectivity index (χ4v) is 2.65. The van der Waals surface area contributed by atoms with E-state index in [-0.39, 0.29) is 17.7 Å². The highest BCUT2D eigenvalue weighted by Gasteiger charge is 2.34. The van der Waals surface area contributed by atoms with Crippen molar-refractivity contribution in [2.45, 2.75) is 32.2 Å². The number of nitrogens with zero attached hydrogens (tertiary/aromatic N) is 1. The van der Waals surface area contributed by atoms with Crippen LogP contribution in [0.4, 0.5) is 0 Å². The van der Waals surface area contributed by atoms with Crippen LogP contribution in [0.25, 0.3) is 0 Å². The monoisotopic (exact) mass is 278 g/mol. The summed E-state index contributed by atoms with van der Waals surface area (Å²) in [7, 11) is 1.69. The Hall–Kier alpha value is -2.11. The quantitative estimate of drug-likeness (QED) is 0.810. The Labute approximate surface area is 116 Å². The average molecular weight is 278 g/mol. The van der Waals surface area contributed by atoms with Crippen LogP contribution < -0.4 is 5.32 Å². The predicted octanol–water partition coefficient (Wildman–Crippen LogP) is 1.21. The number of hydrogen-bond donors (Lipinski definition) is 2. The highest BCUT2D eigenvalue weighted by atomic mass is 16.4. The van der Waals surface area contributed by atoms with E-state index < -0.39 is 11.9 Å². The van der Waals surface area contributed by atoms with Crippen LogP contribution in [0.1, 0.15) is 47.0 Å². The number of carbonyl (C=O) groups excluding carboxylic acids is 2. The number of carbonyl (C=O) groups is 3. The maximum Gasteiger partial charge on any atom is 0.308 e. The third kappa shape index (κ3) is 2.74. The first kappa shape index (κ1) is 14.3. The Balaban J connectivity index is 2.12. The lowest BCUT2D eigenvalue weighted by atomic mass is 10.0. The molecule has 6 heteroatoms. The number of nitrogens with one attached hydrogen (secondary N) is 1. The van der Waals surface area contributed by atoms with E-state index in [4.69, 9.17) is 5.11 Å². The van der Waals surface area contributed by atoms with Gasteiger partial charge in [0.05, 0.1) is 5.92 Å². The second-order valence-electron chi connectivity index (χ2n) is 5.24. The summed E-state index contributed by atoms with van der Waals surface area (Å²) < 4.78 is 1.58. The summed E-state index contributed by atoms with van der Waals surface area (Å²) in [5.41, 5.74) is 0.838. The van der Waals surface area contributed by atoms with Crippen molar-refractivity contribution in [3.8, 4) is 0 Å². The molecule has 1 saturated carbocycles. The lowest BCUT2D eigenvalue weighted by Gasteiger charge is -2.17. The van der Waals surface area contributed by atoms with Gasteiger partial charge in [0, 0.05) is 24.8 Å². The van der Waals surface area contributed by atoms with Crippen LogP contribution in [0.15, 0.2) is 12.3 Å². The molecule has 0 bridgehead atoms. The number of carboxylic acid groups (broad SMARTS) is 1. The highest BCUT2D eigenvalue weighted by Crippen LogP contribution is 2.26. The first-order valence-corrected chi connectivity index (χ1v) is 6.61. The second kappa shape index (κ2) is 5.48. The zero-order valence-corrected chi connectivity index (χ0v) is 11.5. The molecule has 1 fully saturated rings. The largest absolute Gasteiger partial charge is 0.481 e. The van der Waals surface area contributed by atoms with Gasteiger partial charge in [0.25, 0.3) is 5.91 Å². The summed E-state index contributed by atoms with van der Waals surface area (Å²) in [6.45, 7) is 1.44. The Kier molecular flexibility index (Phi) is 3.92. The number of carboxylic acids is 1. The van der Waals surface area contributed by atoms with Gasteiger partial charge in [0.2, 0.25) is 0 Å². The van der Waals surface area contributed by atoms with Gasteiger partial charge in [0.1, 0.15) is 5.69 Å². The van der Waals surface area contributed by atoms with Gasteiger partial charge in [-0.25, -0.2) is 0 Å². The fraction of sp³-hybridized carbons (Fsp3) is 0.500. The van der Waals surface area contributed by atoms with Crippen molar-refractivity contribution in [2.75, 3.05) is 0 Å². The van der Waals surface area contributed by atoms with Gasteiger partial charge in [-0.3, -0.25) is 14.4 Å². The van der Waals surface area contributed by atoms with Gasteiger partial charge in [-0.05, 0) is 25.8 Å². The standard InChI is InChI=1S/C14H18N2O4/c1-8(17)9-6-12(16(2)7-9)13(18)15-11-5-3-4-10(11)14(19)20/h6-7,10-11H,3-5H2,1-2H3,(H,15,18)(H,19,20)/t10-,11+/m0/s1. The number of rotatable bonds is 4. The van der Waals surface area contributed by atoms with E-state index in [2.05, 4.69) is 5.32 Å². The number of aromatic nitrogens is 1. The minimum absolute atomic E-state index is 0.107. The molecule has 20 heavy (non-hydrogen) atoms. The predicted molar refractivity (Wildman–Crippen MR) is 71.6 cm³/mol. The van der Waals surface area contributed by atoms with Crippen LogP contribution in [0.2, 0.25) is 0 Å². The summed E-state index contributed by atoms with van der Waals surface area (Å²) in [6.07, 6.45) is 3.66.